The zero-order valence-electron chi connectivity index (χ0n) is 14.9. The Morgan fingerprint density at radius 2 is 1.94 bits per heavy atom. The van der Waals surface area contributed by atoms with Crippen molar-refractivity contribution in [3.63, 3.8) is 0 Å². The molecule has 6 atom stereocenters. The fraction of sp³-hybridized carbons (Fsp3) is 0.500. The molecule has 1 aliphatic heterocycles. The number of nitrogens with two attached hydrogens (primary N) is 1. The zero-order valence-corrected chi connectivity index (χ0v) is 17.6. The number of hydrogen-bond donors (Lipinski definition) is 6. The Morgan fingerprint density at radius 3 is 2.58 bits per heavy atom. The quantitative estimate of drug-likeness (QED) is 0.183. The Balaban J connectivity index is 1.68. The number of anilines is 1. The average molecular weight is 504 g/mol. The predicted octanol–water partition coefficient (Wildman–Crippen LogP) is -5.46. The van der Waals surface area contributed by atoms with Crippen LogP contribution in [0.15, 0.2) is 12.7 Å². The number of rotatable bonds is 8. The highest BCUT2D eigenvalue weighted by Gasteiger charge is 2.47. The van der Waals surface area contributed by atoms with Crippen molar-refractivity contribution in [2.45, 2.75) is 24.5 Å². The molecule has 0 aromatic carbocycles. The van der Waals surface area contributed by atoms with Gasteiger partial charge in [-0.25, -0.2) is 24.4 Å². The molecule has 174 valence electrons. The molecule has 2 aromatic rings. The van der Waals surface area contributed by atoms with E-state index in [2.05, 4.69) is 23.8 Å². The highest BCUT2D eigenvalue weighted by atomic mass is 31.3. The normalized spacial score (nSPS) is 28.5. The van der Waals surface area contributed by atoms with Gasteiger partial charge in [-0.1, -0.05) is 4.31 Å². The second-order valence-corrected chi connectivity index (χ2v) is 10.8. The van der Waals surface area contributed by atoms with Crippen LogP contribution in [0, 0.1) is 0 Å². The molecule has 3 heterocycles. The minimum absolute atomic E-state index is 0.0396. The lowest BCUT2D eigenvalue weighted by Gasteiger charge is -2.41. The average Bonchev–Trinajstić information content (AvgIpc) is 3.13. The molecule has 18 nitrogen and oxygen atoms in total. The van der Waals surface area contributed by atoms with E-state index in [1.54, 1.807) is 0 Å². The third-order valence-corrected chi connectivity index (χ3v) is 8.04. The highest BCUT2D eigenvalue weighted by molar-refractivity contribution is 7.74. The summed E-state index contributed by atoms with van der Waals surface area (Å²) in [6.45, 7) is -0.960. The van der Waals surface area contributed by atoms with E-state index in [9.17, 15) is 39.2 Å². The second-order valence-electron chi connectivity index (χ2n) is 6.09. The van der Waals surface area contributed by atoms with E-state index in [-0.39, 0.29) is 17.0 Å². The number of imidazole rings is 1. The van der Waals surface area contributed by atoms with Crippen LogP contribution in [-0.2, 0) is 18.1 Å². The molecule has 31 heavy (non-hydrogen) atoms. The minimum Gasteiger partial charge on any atom is -0.670 e. The van der Waals surface area contributed by atoms with Crippen LogP contribution in [-0.4, -0.2) is 64.4 Å². The van der Waals surface area contributed by atoms with Crippen LogP contribution in [0.1, 0.15) is 6.23 Å². The predicted molar refractivity (Wildman–Crippen MR) is 91.7 cm³/mol. The summed E-state index contributed by atoms with van der Waals surface area (Å²) in [5.41, 5.74) is 5.99. The van der Waals surface area contributed by atoms with Crippen LogP contribution in [0.4, 0.5) is 5.82 Å². The first-order valence-corrected chi connectivity index (χ1v) is 12.6. The standard InChI is InChI=1S/C10H17N6O12P3/c11-8-5-9(13-2-12-8)16(3-14-5)10-7(18)6(17)4(27-10)1-26-31(24,25)28-30(22,23)15-29(19,20)21/h2-4,6-7,10,17-18H,1H2,(H,24,25)(H2,11,12,13)(H4,15,19,20,21,22,23)/p-2/t4-,6-,7-,10-/m1/s1. The Labute approximate surface area is 173 Å². The molecule has 3 rings (SSSR count). The van der Waals surface area contributed by atoms with Crippen molar-refractivity contribution in [3.8, 4) is 0 Å². The molecule has 0 spiro atoms. The maximum Gasteiger partial charge on any atom is 0.510 e. The maximum absolute atomic E-state index is 11.8. The van der Waals surface area contributed by atoms with Gasteiger partial charge in [-0.15, -0.1) is 0 Å². The molecule has 0 saturated carbocycles. The number of nitrogen functional groups attached to an aromatic ring is 1. The monoisotopic (exact) mass is 504 g/mol. The molecular formula is C10H15N6O12P3-2. The van der Waals surface area contributed by atoms with E-state index in [0.29, 0.717) is 4.86 Å². The Hall–Kier alpha value is -1.04. The van der Waals surface area contributed by atoms with E-state index in [1.165, 1.54) is 10.9 Å². The second kappa shape index (κ2) is 8.72. The van der Waals surface area contributed by atoms with Gasteiger partial charge in [0.1, 0.15) is 30.2 Å². The van der Waals surface area contributed by atoms with Crippen LogP contribution in [0.5, 0.6) is 0 Å². The SMILES string of the molecule is Nc1ncnc2c1ncn2[C@@H]1O[C@H](COP(=O)(O)O[P+]([O-])(O)N[P+]([O-])([O-])[O-])[C@@H](O)[C@H]1O. The van der Waals surface area contributed by atoms with Crippen LogP contribution < -0.4 is 30.2 Å². The van der Waals surface area contributed by atoms with E-state index in [4.69, 9.17) is 15.4 Å². The van der Waals surface area contributed by atoms with Crippen molar-refractivity contribution in [2.24, 2.45) is 0 Å². The van der Waals surface area contributed by atoms with E-state index in [0.717, 1.165) is 6.33 Å². The van der Waals surface area contributed by atoms with Gasteiger partial charge in [0.05, 0.1) is 12.9 Å². The molecule has 7 N–H and O–H groups in total. The summed E-state index contributed by atoms with van der Waals surface area (Å²) in [6, 6.07) is 0. The number of aliphatic hydroxyl groups excluding tert-OH is 2. The van der Waals surface area contributed by atoms with Crippen LogP contribution in [0.3, 0.4) is 0 Å². The van der Waals surface area contributed by atoms with Crippen LogP contribution >= 0.6 is 24.0 Å². The van der Waals surface area contributed by atoms with Gasteiger partial charge in [-0.05, 0) is 13.0 Å². The Bertz CT molecular complexity index is 986. The Morgan fingerprint density at radius 1 is 1.26 bits per heavy atom. The van der Waals surface area contributed by atoms with Crippen molar-refractivity contribution < 1.29 is 57.7 Å². The molecule has 0 bridgehead atoms. The largest absolute Gasteiger partial charge is 0.670 e. The lowest BCUT2D eigenvalue weighted by molar-refractivity contribution is -0.431. The molecule has 1 aliphatic rings. The van der Waals surface area contributed by atoms with E-state index >= 15 is 0 Å². The molecule has 0 radical (unpaired) electrons. The summed E-state index contributed by atoms with van der Waals surface area (Å²) in [7, 11) is -16.8. The van der Waals surface area contributed by atoms with Crippen molar-refractivity contribution in [1.29, 1.82) is 0 Å². The van der Waals surface area contributed by atoms with Gasteiger partial charge in [0.15, 0.2) is 17.7 Å². The van der Waals surface area contributed by atoms with E-state index in [1.807, 2.05) is 0 Å². The number of aliphatic hydroxyl groups is 2. The number of phosphoric acid groups is 1. The molecule has 1 fully saturated rings. The number of nitrogens with zero attached hydrogens (tertiary/aromatic N) is 4. The summed E-state index contributed by atoms with van der Waals surface area (Å²) in [5, 5.41) is 20.4. The molecule has 1 saturated heterocycles. The third kappa shape index (κ3) is 5.85. The lowest BCUT2D eigenvalue weighted by Crippen LogP contribution is -2.45. The molecule has 21 heteroatoms. The van der Waals surface area contributed by atoms with Crippen molar-refractivity contribution in [3.05, 3.63) is 12.7 Å². The highest BCUT2D eigenvalue weighted by Crippen LogP contribution is 2.62. The smallest absolute Gasteiger partial charge is 0.510 e. The Kier molecular flexibility index (Phi) is 6.92. The first kappa shape index (κ1) is 24.6. The number of nitrogens with one attached hydrogen (secondary N) is 1. The maximum atomic E-state index is 11.8. The van der Waals surface area contributed by atoms with Crippen molar-refractivity contribution in [2.75, 3.05) is 12.3 Å². The number of aromatic nitrogens is 4. The lowest BCUT2D eigenvalue weighted by atomic mass is 10.1. The van der Waals surface area contributed by atoms with Crippen molar-refractivity contribution in [1.82, 2.24) is 24.4 Å². The van der Waals surface area contributed by atoms with E-state index < -0.39 is 55.2 Å². The summed E-state index contributed by atoms with van der Waals surface area (Å²) < 4.78 is 26.6. The first-order valence-electron chi connectivity index (χ1n) is 7.97. The van der Waals surface area contributed by atoms with Crippen molar-refractivity contribution >= 4 is 41.0 Å². The summed E-state index contributed by atoms with van der Waals surface area (Å²) >= 11 is 0. The summed E-state index contributed by atoms with van der Waals surface area (Å²) in [5.74, 6) is 0.0396. The number of hydrogen-bond acceptors (Lipinski definition) is 16. The number of phosphoric ester groups is 1. The minimum atomic E-state index is -5.79. The van der Waals surface area contributed by atoms with Gasteiger partial charge in [0, 0.05) is 0 Å². The number of fused-ring (bicyclic) bond motifs is 1. The first-order chi connectivity index (χ1) is 14.2. The van der Waals surface area contributed by atoms with Gasteiger partial charge in [-0.2, -0.15) is 0 Å². The van der Waals surface area contributed by atoms with Crippen LogP contribution in [0.2, 0.25) is 0 Å². The zero-order chi connectivity index (χ0) is 23.2. The van der Waals surface area contributed by atoms with Crippen LogP contribution in [0.25, 0.3) is 11.2 Å². The van der Waals surface area contributed by atoms with Gasteiger partial charge in [0.2, 0.25) is 0 Å². The topological polar surface area (TPSA) is 300 Å². The molecule has 0 aliphatic carbocycles. The summed E-state index contributed by atoms with van der Waals surface area (Å²) in [6.07, 6.45) is -3.71. The van der Waals surface area contributed by atoms with Gasteiger partial charge < -0.3 is 45.2 Å². The molecule has 0 amide bonds. The third-order valence-electron chi connectivity index (χ3n) is 3.86. The van der Waals surface area contributed by atoms with Gasteiger partial charge in [0.25, 0.3) is 0 Å². The molecular weight excluding hydrogens is 489 g/mol. The number of ether oxygens (including phenoxy) is 1. The molecule has 2 aromatic heterocycles. The fourth-order valence-electron chi connectivity index (χ4n) is 2.66. The fourth-order valence-corrected chi connectivity index (χ4v) is 6.01. The van der Waals surface area contributed by atoms with Gasteiger partial charge in [-0.3, -0.25) is 9.09 Å². The summed E-state index contributed by atoms with van der Waals surface area (Å²) in [4.78, 5) is 73.7. The van der Waals surface area contributed by atoms with Gasteiger partial charge >= 0.3 is 15.9 Å². The molecule has 2 unspecified atom stereocenters.